The number of fused-ring (bicyclic) bond motifs is 3. The molecule has 0 amide bonds. The molecule has 6 heteroatoms. The van der Waals surface area contributed by atoms with E-state index in [0.717, 1.165) is 55.6 Å². The number of benzene rings is 5. The topological polar surface area (TPSA) is 60.2 Å². The molecule has 0 fully saturated rings. The lowest BCUT2D eigenvalue weighted by Crippen LogP contribution is -1.99. The van der Waals surface area contributed by atoms with E-state index in [-0.39, 0.29) is 0 Å². The highest BCUT2D eigenvalue weighted by Crippen LogP contribution is 2.35. The maximum atomic E-state index is 9.11. The SMILES string of the molecule is O[B]Oc1ccc2c(c1)c1ccccc1n2-c1ccc(-c2cc(-c3ccccc3)nc(-c3ccccc3)n2)cc1. The largest absolute Gasteiger partial charge is 0.569 e. The van der Waals surface area contributed by atoms with Gasteiger partial charge in [0, 0.05) is 33.2 Å². The van der Waals surface area contributed by atoms with E-state index in [9.17, 15) is 0 Å². The van der Waals surface area contributed by atoms with Gasteiger partial charge in [0.25, 0.3) is 0 Å². The second kappa shape index (κ2) is 10.2. The molecule has 0 aliphatic rings. The van der Waals surface area contributed by atoms with Gasteiger partial charge in [-0.1, -0.05) is 91.0 Å². The van der Waals surface area contributed by atoms with Crippen LogP contribution in [0.2, 0.25) is 0 Å². The third kappa shape index (κ3) is 4.30. The first kappa shape index (κ1) is 23.9. The van der Waals surface area contributed by atoms with Crippen LogP contribution in [0.25, 0.3) is 61.4 Å². The molecule has 0 atom stereocenters. The predicted octanol–water partition coefficient (Wildman–Crippen LogP) is 7.48. The zero-order chi connectivity index (χ0) is 26.9. The van der Waals surface area contributed by atoms with Crippen molar-refractivity contribution in [2.45, 2.75) is 0 Å². The standard InChI is InChI=1S/C34H23BN3O2/c39-35-40-27-19-20-33-29(21-27)28-13-7-8-14-32(28)38(33)26-17-15-24(16-18-26)31-22-30(23-9-3-1-4-10-23)36-34(37-31)25-11-5-2-6-12-25/h1-22,39H. The fourth-order valence-corrected chi connectivity index (χ4v) is 5.21. The van der Waals surface area contributed by atoms with Crippen molar-refractivity contribution in [2.75, 3.05) is 0 Å². The zero-order valence-electron chi connectivity index (χ0n) is 21.5. The molecule has 0 saturated heterocycles. The Bertz CT molecular complexity index is 1900. The molecule has 40 heavy (non-hydrogen) atoms. The Kier molecular flexibility index (Phi) is 6.07. The van der Waals surface area contributed by atoms with E-state index in [1.807, 2.05) is 78.9 Å². The zero-order valence-corrected chi connectivity index (χ0v) is 21.5. The van der Waals surface area contributed by atoms with Gasteiger partial charge in [0.2, 0.25) is 0 Å². The summed E-state index contributed by atoms with van der Waals surface area (Å²) >= 11 is 0. The van der Waals surface area contributed by atoms with E-state index in [2.05, 4.69) is 59.2 Å². The van der Waals surface area contributed by atoms with Gasteiger partial charge in [-0.2, -0.15) is 0 Å². The second-order valence-electron chi connectivity index (χ2n) is 9.50. The van der Waals surface area contributed by atoms with E-state index < -0.39 is 0 Å². The molecule has 2 heterocycles. The molecule has 0 spiro atoms. The number of rotatable bonds is 6. The average Bonchev–Trinajstić information content (AvgIpc) is 3.36. The maximum absolute atomic E-state index is 9.11. The quantitative estimate of drug-likeness (QED) is 0.233. The fraction of sp³-hybridized carbons (Fsp3) is 0. The number of hydrogen-bond acceptors (Lipinski definition) is 4. The molecule has 0 unspecified atom stereocenters. The first-order chi connectivity index (χ1) is 19.8. The van der Waals surface area contributed by atoms with Gasteiger partial charge in [-0.25, -0.2) is 9.97 Å². The summed E-state index contributed by atoms with van der Waals surface area (Å²) < 4.78 is 7.48. The Labute approximate surface area is 232 Å². The van der Waals surface area contributed by atoms with E-state index in [0.29, 0.717) is 19.3 Å². The summed E-state index contributed by atoms with van der Waals surface area (Å²) in [6.45, 7) is 0. The van der Waals surface area contributed by atoms with Crippen molar-refractivity contribution in [3.8, 4) is 45.3 Å². The van der Waals surface area contributed by atoms with Crippen LogP contribution < -0.4 is 4.65 Å². The van der Waals surface area contributed by atoms with Gasteiger partial charge in [0.05, 0.1) is 22.4 Å². The molecule has 7 rings (SSSR count). The van der Waals surface area contributed by atoms with Crippen LogP contribution in [-0.4, -0.2) is 27.2 Å². The minimum Gasteiger partial charge on any atom is -0.537 e. The lowest BCUT2D eigenvalue weighted by molar-refractivity contribution is 0.454. The smallest absolute Gasteiger partial charge is 0.537 e. The van der Waals surface area contributed by atoms with Gasteiger partial charge < -0.3 is 14.2 Å². The highest BCUT2D eigenvalue weighted by Gasteiger charge is 2.14. The number of nitrogens with zero attached hydrogens (tertiary/aromatic N) is 3. The van der Waals surface area contributed by atoms with Gasteiger partial charge in [-0.3, -0.25) is 0 Å². The van der Waals surface area contributed by atoms with Crippen LogP contribution in [-0.2, 0) is 0 Å². The Morgan fingerprint density at radius 1 is 0.550 bits per heavy atom. The lowest BCUT2D eigenvalue weighted by atomic mass is 10.1. The van der Waals surface area contributed by atoms with Gasteiger partial charge in [-0.05, 0) is 42.5 Å². The van der Waals surface area contributed by atoms with Gasteiger partial charge in [-0.15, -0.1) is 0 Å². The minimum atomic E-state index is 0.584. The van der Waals surface area contributed by atoms with Crippen LogP contribution in [0.4, 0.5) is 0 Å². The number of para-hydroxylation sites is 1. The van der Waals surface area contributed by atoms with Crippen molar-refractivity contribution in [3.05, 3.63) is 133 Å². The summed E-state index contributed by atoms with van der Waals surface area (Å²) in [5.41, 5.74) is 7.97. The molecule has 189 valence electrons. The summed E-state index contributed by atoms with van der Waals surface area (Å²) in [4.78, 5) is 9.87. The van der Waals surface area contributed by atoms with Crippen LogP contribution in [0, 0.1) is 0 Å². The molecule has 2 aromatic heterocycles. The normalized spacial score (nSPS) is 11.1. The second-order valence-corrected chi connectivity index (χ2v) is 9.50. The lowest BCUT2D eigenvalue weighted by Gasteiger charge is -2.11. The van der Waals surface area contributed by atoms with Crippen molar-refractivity contribution in [1.29, 1.82) is 0 Å². The average molecular weight is 516 g/mol. The fourth-order valence-electron chi connectivity index (χ4n) is 5.21. The summed E-state index contributed by atoms with van der Waals surface area (Å²) in [5.74, 6) is 1.28. The maximum Gasteiger partial charge on any atom is 0.569 e. The minimum absolute atomic E-state index is 0.584. The van der Waals surface area contributed by atoms with Crippen molar-refractivity contribution in [3.63, 3.8) is 0 Å². The Morgan fingerprint density at radius 2 is 1.15 bits per heavy atom. The van der Waals surface area contributed by atoms with Crippen LogP contribution >= 0.6 is 0 Å². The van der Waals surface area contributed by atoms with Crippen molar-refractivity contribution < 1.29 is 9.68 Å². The Balaban J connectivity index is 1.35. The summed E-state index contributed by atoms with van der Waals surface area (Å²) in [5, 5.41) is 11.3. The molecule has 0 bridgehead atoms. The third-order valence-corrected chi connectivity index (χ3v) is 7.08. The summed E-state index contributed by atoms with van der Waals surface area (Å²) in [7, 11) is 0.707. The predicted molar refractivity (Wildman–Crippen MR) is 161 cm³/mol. The molecule has 1 radical (unpaired) electrons. The summed E-state index contributed by atoms with van der Waals surface area (Å²) in [6.07, 6.45) is 0. The molecule has 1 N–H and O–H groups in total. The van der Waals surface area contributed by atoms with Crippen LogP contribution in [0.1, 0.15) is 0 Å². The summed E-state index contributed by atoms with van der Waals surface area (Å²) in [6, 6.07) is 44.9. The highest BCUT2D eigenvalue weighted by atomic mass is 16.5. The number of aromatic nitrogens is 3. The third-order valence-electron chi connectivity index (χ3n) is 7.08. The van der Waals surface area contributed by atoms with E-state index in [1.54, 1.807) is 0 Å². The first-order valence-corrected chi connectivity index (χ1v) is 13.0. The highest BCUT2D eigenvalue weighted by molar-refractivity contribution is 6.17. The van der Waals surface area contributed by atoms with Crippen molar-refractivity contribution in [2.24, 2.45) is 0 Å². The van der Waals surface area contributed by atoms with Gasteiger partial charge in [0.15, 0.2) is 5.82 Å². The van der Waals surface area contributed by atoms with Crippen molar-refractivity contribution in [1.82, 2.24) is 14.5 Å². The molecule has 5 aromatic carbocycles. The molecule has 5 nitrogen and oxygen atoms in total. The van der Waals surface area contributed by atoms with Crippen molar-refractivity contribution >= 4 is 29.5 Å². The monoisotopic (exact) mass is 516 g/mol. The Morgan fingerprint density at radius 3 is 1.85 bits per heavy atom. The molecule has 0 aliphatic heterocycles. The van der Waals surface area contributed by atoms with E-state index >= 15 is 0 Å². The molecule has 0 aliphatic carbocycles. The van der Waals surface area contributed by atoms with E-state index in [1.165, 1.54) is 0 Å². The molecule has 7 aromatic rings. The first-order valence-electron chi connectivity index (χ1n) is 13.0. The molecule has 0 saturated carbocycles. The van der Waals surface area contributed by atoms with Crippen LogP contribution in [0.15, 0.2) is 133 Å². The van der Waals surface area contributed by atoms with Gasteiger partial charge >= 0.3 is 7.69 Å². The Hall–Kier alpha value is -5.20. The van der Waals surface area contributed by atoms with E-state index in [4.69, 9.17) is 19.6 Å². The van der Waals surface area contributed by atoms with Crippen LogP contribution in [0.5, 0.6) is 5.75 Å². The molecular formula is C34H23BN3O2. The number of hydrogen-bond donors (Lipinski definition) is 1. The van der Waals surface area contributed by atoms with Crippen LogP contribution in [0.3, 0.4) is 0 Å². The van der Waals surface area contributed by atoms with Gasteiger partial charge in [0.1, 0.15) is 5.75 Å². The molecular weight excluding hydrogens is 493 g/mol.